The minimum Gasteiger partial charge on any atom is -0.478 e. The molecule has 0 aliphatic carbocycles. The average molecular weight is 472 g/mol. The van der Waals surface area contributed by atoms with E-state index in [1.54, 1.807) is 24.3 Å². The van der Waals surface area contributed by atoms with E-state index in [-0.39, 0.29) is 22.0 Å². The number of rotatable bonds is 4. The highest BCUT2D eigenvalue weighted by Crippen LogP contribution is 2.33. The number of fused-ring (bicyclic) bond motifs is 1. The topological polar surface area (TPSA) is 105 Å². The maximum Gasteiger partial charge on any atom is 0.335 e. The lowest BCUT2D eigenvalue weighted by Crippen LogP contribution is -2.14. The van der Waals surface area contributed by atoms with Crippen molar-refractivity contribution in [3.05, 3.63) is 76.9 Å². The molecule has 2 N–H and O–H groups in total. The largest absolute Gasteiger partial charge is 0.478 e. The first kappa shape index (κ1) is 24.1. The number of nitrogens with zero attached hydrogens (tertiary/aromatic N) is 3. The van der Waals surface area contributed by atoms with Gasteiger partial charge in [-0.1, -0.05) is 59.7 Å². The molecule has 4 rings (SSSR count). The zero-order valence-electron chi connectivity index (χ0n) is 20.7. The van der Waals surface area contributed by atoms with E-state index in [0.29, 0.717) is 16.7 Å². The van der Waals surface area contributed by atoms with Crippen LogP contribution < -0.4 is 0 Å². The number of hydrogen-bond acceptors (Lipinski definition) is 4. The Hall–Kier alpha value is -4.00. The average Bonchev–Trinajstić information content (AvgIpc) is 3.21. The van der Waals surface area contributed by atoms with Gasteiger partial charge in [-0.15, -0.1) is 10.2 Å². The lowest BCUT2D eigenvalue weighted by Gasteiger charge is -2.21. The summed E-state index contributed by atoms with van der Waals surface area (Å²) in [6.45, 7) is 12.2. The van der Waals surface area contributed by atoms with Gasteiger partial charge in [0, 0.05) is 5.56 Å². The minimum absolute atomic E-state index is 0.165. The third kappa shape index (κ3) is 4.80. The highest BCUT2D eigenvalue weighted by Gasteiger charge is 2.21. The molecule has 180 valence electrons. The molecule has 3 aromatic carbocycles. The van der Waals surface area contributed by atoms with Gasteiger partial charge < -0.3 is 10.2 Å². The molecule has 35 heavy (non-hydrogen) atoms. The zero-order valence-corrected chi connectivity index (χ0v) is 20.7. The van der Waals surface area contributed by atoms with Crippen molar-refractivity contribution in [2.75, 3.05) is 0 Å². The molecule has 7 nitrogen and oxygen atoms in total. The number of aromatic carboxylic acids is 2. The Kier molecular flexibility index (Phi) is 5.75. The van der Waals surface area contributed by atoms with Gasteiger partial charge in [0.25, 0.3) is 0 Å². The van der Waals surface area contributed by atoms with Gasteiger partial charge in [-0.05, 0) is 63.9 Å². The Morgan fingerprint density at radius 1 is 0.743 bits per heavy atom. The molecule has 0 saturated heterocycles. The van der Waals surface area contributed by atoms with E-state index in [9.17, 15) is 19.8 Å². The number of aromatic nitrogens is 3. The zero-order chi connectivity index (χ0) is 25.7. The summed E-state index contributed by atoms with van der Waals surface area (Å²) in [6, 6.07) is 16.0. The van der Waals surface area contributed by atoms with Crippen molar-refractivity contribution < 1.29 is 19.8 Å². The standard InChI is InChI=1S/C28H29N3O4/c1-27(2,3)19-11-16(10-17(12-19)25(32)33)22-8-7-9-23-24(22)30-31(29-23)21-14-18(26(34)35)13-20(15-21)28(4,5)6/h7-15H,1-6H3,(H,32,33)(H,34,35). The lowest BCUT2D eigenvalue weighted by molar-refractivity contribution is 0.0686. The molecular weight excluding hydrogens is 442 g/mol. The number of hydrogen-bond donors (Lipinski definition) is 2. The monoisotopic (exact) mass is 471 g/mol. The predicted octanol–water partition coefficient (Wildman–Crippen LogP) is 6.08. The summed E-state index contributed by atoms with van der Waals surface area (Å²) >= 11 is 0. The Bertz CT molecular complexity index is 1470. The van der Waals surface area contributed by atoms with Gasteiger partial charge in [0.15, 0.2) is 0 Å². The summed E-state index contributed by atoms with van der Waals surface area (Å²) in [5.74, 6) is -2.01. The number of carbonyl (C=O) groups is 2. The molecule has 0 atom stereocenters. The Morgan fingerprint density at radius 2 is 1.31 bits per heavy atom. The van der Waals surface area contributed by atoms with Crippen LogP contribution >= 0.6 is 0 Å². The smallest absolute Gasteiger partial charge is 0.335 e. The minimum atomic E-state index is -1.02. The maximum absolute atomic E-state index is 11.8. The van der Waals surface area contributed by atoms with Crippen LogP contribution in [0.1, 0.15) is 73.4 Å². The molecule has 7 heteroatoms. The fourth-order valence-electron chi connectivity index (χ4n) is 3.91. The normalized spacial score (nSPS) is 12.2. The third-order valence-electron chi connectivity index (χ3n) is 6.03. The summed E-state index contributed by atoms with van der Waals surface area (Å²) in [7, 11) is 0. The van der Waals surface area contributed by atoms with Gasteiger partial charge in [0.05, 0.1) is 16.8 Å². The van der Waals surface area contributed by atoms with Crippen LogP contribution in [0.25, 0.3) is 27.8 Å². The van der Waals surface area contributed by atoms with Gasteiger partial charge in [0.1, 0.15) is 11.0 Å². The molecular formula is C28H29N3O4. The summed E-state index contributed by atoms with van der Waals surface area (Å²) < 4.78 is 0. The van der Waals surface area contributed by atoms with Crippen molar-refractivity contribution in [2.45, 2.75) is 52.4 Å². The summed E-state index contributed by atoms with van der Waals surface area (Å²) in [5, 5.41) is 28.7. The van der Waals surface area contributed by atoms with Gasteiger partial charge in [-0.2, -0.15) is 4.80 Å². The summed E-state index contributed by atoms with van der Waals surface area (Å²) in [6.07, 6.45) is 0. The number of carboxylic acids is 2. The summed E-state index contributed by atoms with van der Waals surface area (Å²) in [4.78, 5) is 25.1. The van der Waals surface area contributed by atoms with Crippen LogP contribution in [0.3, 0.4) is 0 Å². The predicted molar refractivity (Wildman–Crippen MR) is 136 cm³/mol. The maximum atomic E-state index is 11.8. The fourth-order valence-corrected chi connectivity index (χ4v) is 3.91. The molecule has 1 heterocycles. The van der Waals surface area contributed by atoms with Crippen molar-refractivity contribution in [1.82, 2.24) is 15.0 Å². The molecule has 1 aromatic heterocycles. The second kappa shape index (κ2) is 8.34. The van der Waals surface area contributed by atoms with Crippen LogP contribution in [0.2, 0.25) is 0 Å². The van der Waals surface area contributed by atoms with Gasteiger partial charge >= 0.3 is 11.9 Å². The van der Waals surface area contributed by atoms with Crippen molar-refractivity contribution >= 4 is 23.0 Å². The van der Waals surface area contributed by atoms with Crippen LogP contribution in [0, 0.1) is 0 Å². The molecule has 0 radical (unpaired) electrons. The molecule has 4 aromatic rings. The van der Waals surface area contributed by atoms with Crippen molar-refractivity contribution in [1.29, 1.82) is 0 Å². The number of carboxylic acid groups (broad SMARTS) is 2. The molecule has 0 saturated carbocycles. The molecule has 0 fully saturated rings. The van der Waals surface area contributed by atoms with Gasteiger partial charge in [0.2, 0.25) is 0 Å². The SMILES string of the molecule is CC(C)(C)c1cc(C(=O)O)cc(-c2cccc3nn(-c4cc(C(=O)O)cc(C(C)(C)C)c4)nc23)c1. The van der Waals surface area contributed by atoms with Crippen LogP contribution in [-0.2, 0) is 10.8 Å². The molecule has 0 aliphatic heterocycles. The van der Waals surface area contributed by atoms with Gasteiger partial charge in [-0.25, -0.2) is 9.59 Å². The highest BCUT2D eigenvalue weighted by atomic mass is 16.4. The van der Waals surface area contributed by atoms with E-state index in [2.05, 4.69) is 5.10 Å². The molecule has 0 amide bonds. The summed E-state index contributed by atoms with van der Waals surface area (Å²) in [5.41, 5.74) is 4.90. The van der Waals surface area contributed by atoms with E-state index >= 15 is 0 Å². The quantitative estimate of drug-likeness (QED) is 0.374. The Balaban J connectivity index is 1.93. The fraction of sp³-hybridized carbons (Fsp3) is 0.286. The van der Waals surface area contributed by atoms with Gasteiger partial charge in [-0.3, -0.25) is 0 Å². The molecule has 0 spiro atoms. The highest BCUT2D eigenvalue weighted by molar-refractivity contribution is 5.95. The van der Waals surface area contributed by atoms with Crippen LogP contribution in [-0.4, -0.2) is 37.1 Å². The Morgan fingerprint density at radius 3 is 1.89 bits per heavy atom. The third-order valence-corrected chi connectivity index (χ3v) is 6.03. The first-order valence-electron chi connectivity index (χ1n) is 11.4. The lowest BCUT2D eigenvalue weighted by atomic mass is 9.84. The number of benzene rings is 3. The van der Waals surface area contributed by atoms with Crippen LogP contribution in [0.4, 0.5) is 0 Å². The van der Waals surface area contributed by atoms with E-state index in [0.717, 1.165) is 22.3 Å². The van der Waals surface area contributed by atoms with E-state index in [1.165, 1.54) is 4.80 Å². The first-order valence-corrected chi connectivity index (χ1v) is 11.4. The van der Waals surface area contributed by atoms with Crippen LogP contribution in [0.15, 0.2) is 54.6 Å². The Labute approximate surface area is 204 Å². The molecule has 0 bridgehead atoms. The van der Waals surface area contributed by atoms with Crippen molar-refractivity contribution in [2.24, 2.45) is 0 Å². The van der Waals surface area contributed by atoms with E-state index < -0.39 is 11.9 Å². The second-order valence-electron chi connectivity index (χ2n) is 10.8. The van der Waals surface area contributed by atoms with Crippen molar-refractivity contribution in [3.8, 4) is 16.8 Å². The van der Waals surface area contributed by atoms with E-state index in [1.807, 2.05) is 71.9 Å². The molecule has 0 aliphatic rings. The van der Waals surface area contributed by atoms with Crippen LogP contribution in [0.5, 0.6) is 0 Å². The molecule has 0 unspecified atom stereocenters. The second-order valence-corrected chi connectivity index (χ2v) is 10.8. The van der Waals surface area contributed by atoms with E-state index in [4.69, 9.17) is 5.10 Å². The first-order chi connectivity index (χ1) is 16.2. The van der Waals surface area contributed by atoms with Crippen molar-refractivity contribution in [3.63, 3.8) is 0 Å².